The Morgan fingerprint density at radius 3 is 2.26 bits per heavy atom. The Balaban J connectivity index is 1.88. The van der Waals surface area contributed by atoms with Gasteiger partial charge in [-0.05, 0) is 54.7 Å². The molecule has 0 amide bonds. The number of rotatable bonds is 6. The fraction of sp³-hybridized carbons (Fsp3) is 0.667. The van der Waals surface area contributed by atoms with Crippen LogP contribution in [0.3, 0.4) is 0 Å². The predicted molar refractivity (Wildman–Crippen MR) is 83.7 cm³/mol. The van der Waals surface area contributed by atoms with E-state index in [1.165, 1.54) is 36.8 Å². The molecule has 1 aromatic carbocycles. The Morgan fingerprint density at radius 2 is 1.79 bits per heavy atom. The molecule has 0 spiro atoms. The van der Waals surface area contributed by atoms with Crippen molar-refractivity contribution in [2.24, 2.45) is 5.92 Å². The Morgan fingerprint density at radius 1 is 1.16 bits per heavy atom. The van der Waals surface area contributed by atoms with Gasteiger partial charge in [-0.2, -0.15) is 0 Å². The van der Waals surface area contributed by atoms with Crippen LogP contribution in [-0.4, -0.2) is 12.6 Å². The molecule has 0 radical (unpaired) electrons. The van der Waals surface area contributed by atoms with Crippen LogP contribution in [0.15, 0.2) is 24.3 Å². The summed E-state index contributed by atoms with van der Waals surface area (Å²) in [4.78, 5) is 0. The van der Waals surface area contributed by atoms with Crippen molar-refractivity contribution in [2.45, 2.75) is 64.8 Å². The van der Waals surface area contributed by atoms with Gasteiger partial charge in [0.05, 0.1) is 0 Å². The van der Waals surface area contributed by atoms with Gasteiger partial charge in [0.15, 0.2) is 0 Å². The van der Waals surface area contributed by atoms with Crippen LogP contribution >= 0.6 is 0 Å². The molecule has 1 aromatic rings. The van der Waals surface area contributed by atoms with Crippen LogP contribution in [-0.2, 0) is 11.8 Å². The molecule has 106 valence electrons. The number of nitrogens with one attached hydrogen (secondary N) is 1. The van der Waals surface area contributed by atoms with Gasteiger partial charge < -0.3 is 5.32 Å². The zero-order valence-electron chi connectivity index (χ0n) is 13.0. The molecule has 1 fully saturated rings. The third-order valence-electron chi connectivity index (χ3n) is 4.22. The van der Waals surface area contributed by atoms with Crippen LogP contribution in [0.2, 0.25) is 0 Å². The quantitative estimate of drug-likeness (QED) is 0.803. The second-order valence-corrected chi connectivity index (χ2v) is 6.99. The molecular weight excluding hydrogens is 230 g/mol. The van der Waals surface area contributed by atoms with E-state index in [1.807, 2.05) is 0 Å². The molecule has 1 nitrogen and oxygen atoms in total. The number of aryl methyl sites for hydroxylation is 1. The normalized spacial score (nSPS) is 17.5. The second kappa shape index (κ2) is 6.09. The van der Waals surface area contributed by atoms with Crippen LogP contribution in [0.4, 0.5) is 0 Å². The van der Waals surface area contributed by atoms with Crippen LogP contribution in [0.5, 0.6) is 0 Å². The first kappa shape index (κ1) is 14.6. The molecule has 0 aliphatic heterocycles. The van der Waals surface area contributed by atoms with Gasteiger partial charge >= 0.3 is 0 Å². The molecule has 19 heavy (non-hydrogen) atoms. The number of benzene rings is 1. The highest BCUT2D eigenvalue weighted by Gasteiger charge is 2.29. The van der Waals surface area contributed by atoms with Crippen molar-refractivity contribution < 1.29 is 0 Å². The lowest BCUT2D eigenvalue weighted by molar-refractivity contribution is 0.446. The molecule has 1 unspecified atom stereocenters. The van der Waals surface area contributed by atoms with Crippen molar-refractivity contribution >= 4 is 0 Å². The van der Waals surface area contributed by atoms with Gasteiger partial charge in [-0.15, -0.1) is 0 Å². The fourth-order valence-corrected chi connectivity index (χ4v) is 2.76. The van der Waals surface area contributed by atoms with E-state index in [0.29, 0.717) is 0 Å². The van der Waals surface area contributed by atoms with Gasteiger partial charge in [0.2, 0.25) is 0 Å². The van der Waals surface area contributed by atoms with Crippen molar-refractivity contribution in [1.29, 1.82) is 0 Å². The smallest absolute Gasteiger partial charge is 0.00983 e. The van der Waals surface area contributed by atoms with Crippen LogP contribution < -0.4 is 5.32 Å². The lowest BCUT2D eigenvalue weighted by Gasteiger charge is -2.20. The monoisotopic (exact) mass is 259 g/mol. The molecule has 2 rings (SSSR count). The second-order valence-electron chi connectivity index (χ2n) is 6.99. The molecule has 0 heterocycles. The van der Waals surface area contributed by atoms with Crippen LogP contribution in [0, 0.1) is 5.92 Å². The first-order chi connectivity index (χ1) is 9.00. The minimum absolute atomic E-state index is 0.263. The summed E-state index contributed by atoms with van der Waals surface area (Å²) in [5.41, 5.74) is 3.18. The molecule has 1 atom stereocenters. The Labute approximate surface area is 118 Å². The Bertz CT molecular complexity index is 381. The third-order valence-corrected chi connectivity index (χ3v) is 4.22. The molecule has 1 aliphatic rings. The van der Waals surface area contributed by atoms with Gasteiger partial charge in [0.1, 0.15) is 0 Å². The van der Waals surface area contributed by atoms with Crippen molar-refractivity contribution in [3.63, 3.8) is 0 Å². The summed E-state index contributed by atoms with van der Waals surface area (Å²) in [5.74, 6) is 0.953. The van der Waals surface area contributed by atoms with E-state index in [2.05, 4.69) is 57.3 Å². The molecule has 0 saturated heterocycles. The van der Waals surface area contributed by atoms with Crippen molar-refractivity contribution in [2.75, 3.05) is 6.54 Å². The van der Waals surface area contributed by atoms with E-state index in [1.54, 1.807) is 0 Å². The average molecular weight is 259 g/mol. The van der Waals surface area contributed by atoms with Crippen LogP contribution in [0.25, 0.3) is 0 Å². The summed E-state index contributed by atoms with van der Waals surface area (Å²) in [7, 11) is 0. The van der Waals surface area contributed by atoms with E-state index < -0.39 is 0 Å². The largest absolute Gasteiger partial charge is 0.314 e. The summed E-state index contributed by atoms with van der Waals surface area (Å²) in [6.07, 6.45) is 5.35. The molecule has 1 saturated carbocycles. The molecule has 1 aliphatic carbocycles. The highest BCUT2D eigenvalue weighted by molar-refractivity contribution is 5.27. The van der Waals surface area contributed by atoms with Gasteiger partial charge in [0, 0.05) is 6.04 Å². The summed E-state index contributed by atoms with van der Waals surface area (Å²) in [5, 5.41) is 3.65. The summed E-state index contributed by atoms with van der Waals surface area (Å²) in [6.45, 7) is 10.1. The van der Waals surface area contributed by atoms with Crippen molar-refractivity contribution in [3.05, 3.63) is 35.4 Å². The average Bonchev–Trinajstić information content (AvgIpc) is 3.18. The first-order valence-electron chi connectivity index (χ1n) is 7.83. The maximum absolute atomic E-state index is 3.65. The van der Waals surface area contributed by atoms with Gasteiger partial charge in [-0.3, -0.25) is 0 Å². The van der Waals surface area contributed by atoms with E-state index in [-0.39, 0.29) is 5.41 Å². The number of hydrogen-bond donors (Lipinski definition) is 1. The van der Waals surface area contributed by atoms with Crippen molar-refractivity contribution in [1.82, 2.24) is 5.32 Å². The maximum atomic E-state index is 3.65. The fourth-order valence-electron chi connectivity index (χ4n) is 2.76. The molecule has 0 bridgehead atoms. The first-order valence-corrected chi connectivity index (χ1v) is 7.83. The van der Waals surface area contributed by atoms with Gasteiger partial charge in [-0.1, -0.05) is 52.0 Å². The standard InChI is InChI=1S/C18H29N/c1-5-19-17(15-9-10-15)13-8-14-6-11-16(12-7-14)18(2,3)4/h6-7,11-12,15,17,19H,5,8-10,13H2,1-4H3. The Kier molecular flexibility index (Phi) is 4.67. The Hall–Kier alpha value is -0.820. The topological polar surface area (TPSA) is 12.0 Å². The zero-order chi connectivity index (χ0) is 13.9. The molecule has 1 heteroatoms. The molecule has 1 N–H and O–H groups in total. The summed E-state index contributed by atoms with van der Waals surface area (Å²) < 4.78 is 0. The lowest BCUT2D eigenvalue weighted by atomic mass is 9.86. The van der Waals surface area contributed by atoms with Crippen LogP contribution in [0.1, 0.15) is 58.1 Å². The molecule has 0 aromatic heterocycles. The zero-order valence-corrected chi connectivity index (χ0v) is 13.0. The highest BCUT2D eigenvalue weighted by atomic mass is 14.9. The summed E-state index contributed by atoms with van der Waals surface area (Å²) >= 11 is 0. The van der Waals surface area contributed by atoms with Gasteiger partial charge in [0.25, 0.3) is 0 Å². The third kappa shape index (κ3) is 4.35. The van der Waals surface area contributed by atoms with E-state index >= 15 is 0 Å². The van der Waals surface area contributed by atoms with E-state index in [9.17, 15) is 0 Å². The maximum Gasteiger partial charge on any atom is 0.00983 e. The minimum Gasteiger partial charge on any atom is -0.314 e. The lowest BCUT2D eigenvalue weighted by Crippen LogP contribution is -2.31. The molecular formula is C18H29N. The van der Waals surface area contributed by atoms with Crippen molar-refractivity contribution in [3.8, 4) is 0 Å². The summed E-state index contributed by atoms with van der Waals surface area (Å²) in [6, 6.07) is 9.98. The minimum atomic E-state index is 0.263. The van der Waals surface area contributed by atoms with E-state index in [4.69, 9.17) is 0 Å². The SMILES string of the molecule is CCNC(CCc1ccc(C(C)(C)C)cc1)C1CC1. The predicted octanol–water partition coefficient (Wildman–Crippen LogP) is 4.30. The van der Waals surface area contributed by atoms with Gasteiger partial charge in [-0.25, -0.2) is 0 Å². The number of hydrogen-bond acceptors (Lipinski definition) is 1. The highest BCUT2D eigenvalue weighted by Crippen LogP contribution is 2.34. The van der Waals surface area contributed by atoms with E-state index in [0.717, 1.165) is 18.5 Å².